The maximum atomic E-state index is 13.1. The van der Waals surface area contributed by atoms with Gasteiger partial charge in [-0.15, -0.1) is 0 Å². The zero-order chi connectivity index (χ0) is 21.5. The van der Waals surface area contributed by atoms with Gasteiger partial charge in [-0.3, -0.25) is 9.59 Å². The van der Waals surface area contributed by atoms with Gasteiger partial charge in [-0.2, -0.15) is 11.8 Å². The molecule has 0 saturated carbocycles. The van der Waals surface area contributed by atoms with Gasteiger partial charge in [0.15, 0.2) is 0 Å². The highest BCUT2D eigenvalue weighted by Gasteiger charge is 2.36. The number of fused-ring (bicyclic) bond motifs is 1. The van der Waals surface area contributed by atoms with Crippen LogP contribution in [0, 0.1) is 0 Å². The second-order valence-corrected chi connectivity index (χ2v) is 9.33. The van der Waals surface area contributed by atoms with Crippen LogP contribution in [0.25, 0.3) is 0 Å². The molecule has 0 aliphatic carbocycles. The summed E-state index contributed by atoms with van der Waals surface area (Å²) in [5.41, 5.74) is 2.96. The molecule has 164 valence electrons. The van der Waals surface area contributed by atoms with Crippen LogP contribution in [0.2, 0.25) is 0 Å². The lowest BCUT2D eigenvalue weighted by Gasteiger charge is -2.27. The van der Waals surface area contributed by atoms with Crippen molar-refractivity contribution in [2.45, 2.75) is 37.6 Å². The number of carbonyl (C=O) groups is 2. The smallest absolute Gasteiger partial charge is 0.255 e. The standard InChI is InChI=1S/C25H31N3O2S/c29-24(26-13-8-16-27-14-6-7-15-27)23(19-31-18-20-9-2-1-3-10-20)28-17-21-11-4-5-12-22(21)25(28)30/h1-5,9-12,23H,6-8,13-19H2,(H,26,29)/t23-/m0/s1. The first-order valence-corrected chi connectivity index (χ1v) is 12.4. The Bertz CT molecular complexity index is 883. The number of rotatable bonds is 10. The molecule has 6 heteroatoms. The van der Waals surface area contributed by atoms with Crippen LogP contribution in [-0.4, -0.2) is 59.6 Å². The fourth-order valence-electron chi connectivity index (χ4n) is 4.34. The summed E-state index contributed by atoms with van der Waals surface area (Å²) in [5, 5.41) is 3.11. The molecule has 0 radical (unpaired) electrons. The van der Waals surface area contributed by atoms with Gasteiger partial charge in [-0.1, -0.05) is 48.5 Å². The van der Waals surface area contributed by atoms with Crippen molar-refractivity contribution >= 4 is 23.6 Å². The molecule has 1 saturated heterocycles. The first-order chi connectivity index (χ1) is 15.2. The lowest BCUT2D eigenvalue weighted by Crippen LogP contribution is -2.49. The third-order valence-corrected chi connectivity index (χ3v) is 7.15. The van der Waals surface area contributed by atoms with Gasteiger partial charge in [0, 0.05) is 30.2 Å². The van der Waals surface area contributed by atoms with Crippen LogP contribution in [0.15, 0.2) is 54.6 Å². The van der Waals surface area contributed by atoms with Gasteiger partial charge in [0.05, 0.1) is 0 Å². The number of carbonyl (C=O) groups excluding carboxylic acids is 2. The van der Waals surface area contributed by atoms with Gasteiger partial charge in [-0.25, -0.2) is 0 Å². The summed E-state index contributed by atoms with van der Waals surface area (Å²) in [5.74, 6) is 1.34. The maximum absolute atomic E-state index is 13.1. The zero-order valence-electron chi connectivity index (χ0n) is 18.0. The average Bonchev–Trinajstić information content (AvgIpc) is 3.43. The molecule has 2 aromatic rings. The molecule has 4 rings (SSSR count). The molecule has 1 fully saturated rings. The predicted octanol–water partition coefficient (Wildman–Crippen LogP) is 3.55. The predicted molar refractivity (Wildman–Crippen MR) is 126 cm³/mol. The summed E-state index contributed by atoms with van der Waals surface area (Å²) < 4.78 is 0. The van der Waals surface area contributed by atoms with Crippen LogP contribution in [0.3, 0.4) is 0 Å². The minimum Gasteiger partial charge on any atom is -0.354 e. The molecule has 2 heterocycles. The second-order valence-electron chi connectivity index (χ2n) is 8.30. The van der Waals surface area contributed by atoms with E-state index >= 15 is 0 Å². The Morgan fingerprint density at radius 3 is 2.55 bits per heavy atom. The Hall–Kier alpha value is -2.31. The van der Waals surface area contributed by atoms with Crippen LogP contribution >= 0.6 is 11.8 Å². The fourth-order valence-corrected chi connectivity index (χ4v) is 5.44. The highest BCUT2D eigenvalue weighted by Crippen LogP contribution is 2.26. The molecule has 0 bridgehead atoms. The zero-order valence-corrected chi connectivity index (χ0v) is 18.8. The van der Waals surface area contributed by atoms with Crippen molar-refractivity contribution in [2.24, 2.45) is 0 Å². The summed E-state index contributed by atoms with van der Waals surface area (Å²) in [6, 6.07) is 17.5. The number of benzene rings is 2. The third-order valence-electron chi connectivity index (χ3n) is 6.06. The Kier molecular flexibility index (Phi) is 7.65. The average molecular weight is 438 g/mol. The van der Waals surface area contributed by atoms with Gasteiger partial charge >= 0.3 is 0 Å². The van der Waals surface area contributed by atoms with Crippen LogP contribution in [0.1, 0.15) is 40.7 Å². The first-order valence-electron chi connectivity index (χ1n) is 11.2. The number of hydrogen-bond acceptors (Lipinski definition) is 4. The van der Waals surface area contributed by atoms with Crippen molar-refractivity contribution in [3.8, 4) is 0 Å². The second kappa shape index (κ2) is 10.8. The number of hydrogen-bond donors (Lipinski definition) is 1. The molecule has 2 aromatic carbocycles. The van der Waals surface area contributed by atoms with Gasteiger partial charge < -0.3 is 15.1 Å². The van der Waals surface area contributed by atoms with E-state index in [4.69, 9.17) is 0 Å². The van der Waals surface area contributed by atoms with Gasteiger partial charge in [0.1, 0.15) is 6.04 Å². The van der Waals surface area contributed by atoms with Crippen LogP contribution in [0.5, 0.6) is 0 Å². The van der Waals surface area contributed by atoms with Crippen molar-refractivity contribution in [1.82, 2.24) is 15.1 Å². The molecule has 0 spiro atoms. The van der Waals surface area contributed by atoms with Crippen molar-refractivity contribution in [3.63, 3.8) is 0 Å². The van der Waals surface area contributed by atoms with Crippen molar-refractivity contribution < 1.29 is 9.59 Å². The molecule has 0 unspecified atom stereocenters. The highest BCUT2D eigenvalue weighted by molar-refractivity contribution is 7.98. The van der Waals surface area contributed by atoms with Gasteiger partial charge in [0.25, 0.3) is 5.91 Å². The topological polar surface area (TPSA) is 52.7 Å². The number of nitrogens with zero attached hydrogens (tertiary/aromatic N) is 2. The van der Waals surface area contributed by atoms with Crippen molar-refractivity contribution in [2.75, 3.05) is 31.9 Å². The highest BCUT2D eigenvalue weighted by atomic mass is 32.2. The Morgan fingerprint density at radius 1 is 1.03 bits per heavy atom. The van der Waals surface area contributed by atoms with E-state index in [0.29, 0.717) is 18.8 Å². The largest absolute Gasteiger partial charge is 0.354 e. The first kappa shape index (κ1) is 21.9. The Morgan fingerprint density at radius 2 is 1.77 bits per heavy atom. The molecule has 1 atom stereocenters. The summed E-state index contributed by atoms with van der Waals surface area (Å²) in [6.45, 7) is 4.54. The van der Waals surface area contributed by atoms with E-state index in [2.05, 4.69) is 22.3 Å². The monoisotopic (exact) mass is 437 g/mol. The van der Waals surface area contributed by atoms with Gasteiger partial charge in [-0.05, 0) is 56.1 Å². The lowest BCUT2D eigenvalue weighted by atomic mass is 10.1. The maximum Gasteiger partial charge on any atom is 0.255 e. The van der Waals surface area contributed by atoms with E-state index in [1.54, 1.807) is 16.7 Å². The lowest BCUT2D eigenvalue weighted by molar-refractivity contribution is -0.125. The van der Waals surface area contributed by atoms with E-state index in [0.717, 1.165) is 29.8 Å². The minimum atomic E-state index is -0.458. The quantitative estimate of drug-likeness (QED) is 0.578. The summed E-state index contributed by atoms with van der Waals surface area (Å²) in [4.78, 5) is 30.3. The van der Waals surface area contributed by atoms with Crippen LogP contribution in [0.4, 0.5) is 0 Å². The molecular formula is C25H31N3O2S. The van der Waals surface area contributed by atoms with E-state index in [9.17, 15) is 9.59 Å². The van der Waals surface area contributed by atoms with E-state index in [1.165, 1.54) is 31.5 Å². The number of amides is 2. The number of thioether (sulfide) groups is 1. The van der Waals surface area contributed by atoms with Crippen molar-refractivity contribution in [3.05, 3.63) is 71.3 Å². The molecule has 31 heavy (non-hydrogen) atoms. The molecular weight excluding hydrogens is 406 g/mol. The minimum absolute atomic E-state index is 0.0341. The summed E-state index contributed by atoms with van der Waals surface area (Å²) in [6.07, 6.45) is 3.51. The summed E-state index contributed by atoms with van der Waals surface area (Å²) >= 11 is 1.71. The van der Waals surface area contributed by atoms with E-state index < -0.39 is 6.04 Å². The fraction of sp³-hybridized carbons (Fsp3) is 0.440. The molecule has 2 aliphatic rings. The Labute approximate surface area is 189 Å². The normalized spacial score (nSPS) is 17.0. The summed E-state index contributed by atoms with van der Waals surface area (Å²) in [7, 11) is 0. The molecule has 2 aliphatic heterocycles. The third kappa shape index (κ3) is 5.69. The number of nitrogens with one attached hydrogen (secondary N) is 1. The van der Waals surface area contributed by atoms with E-state index in [-0.39, 0.29) is 11.8 Å². The molecule has 2 amide bonds. The van der Waals surface area contributed by atoms with E-state index in [1.807, 2.05) is 42.5 Å². The molecule has 0 aromatic heterocycles. The van der Waals surface area contributed by atoms with Crippen LogP contribution < -0.4 is 5.32 Å². The Balaban J connectivity index is 1.36. The van der Waals surface area contributed by atoms with Crippen LogP contribution in [-0.2, 0) is 17.1 Å². The number of likely N-dealkylation sites (tertiary alicyclic amines) is 1. The van der Waals surface area contributed by atoms with Gasteiger partial charge in [0.2, 0.25) is 5.91 Å². The van der Waals surface area contributed by atoms with Crippen molar-refractivity contribution in [1.29, 1.82) is 0 Å². The molecule has 5 nitrogen and oxygen atoms in total. The molecule has 1 N–H and O–H groups in total. The SMILES string of the molecule is O=C(NCCCN1CCCC1)[C@H](CSCc1ccccc1)N1Cc2ccccc2C1=O.